The second-order valence-corrected chi connectivity index (χ2v) is 6.02. The van der Waals surface area contributed by atoms with Crippen molar-refractivity contribution in [3.05, 3.63) is 35.4 Å². The van der Waals surface area contributed by atoms with Crippen molar-refractivity contribution in [2.75, 3.05) is 5.75 Å². The number of alkyl halides is 3. The molecule has 1 fully saturated rings. The molecular weight excluding hydrogens is 273 g/mol. The molecule has 0 spiro atoms. The molecule has 0 radical (unpaired) electrons. The number of halogens is 3. The molecule has 3 N–H and O–H groups in total. The maximum atomic E-state index is 12.7. The van der Waals surface area contributed by atoms with Crippen LogP contribution in [0.3, 0.4) is 0 Å². The molecule has 1 saturated heterocycles. The Bertz CT molecular complexity index is 417. The van der Waals surface area contributed by atoms with Gasteiger partial charge in [-0.2, -0.15) is 24.9 Å². The predicted octanol–water partition coefficient (Wildman–Crippen LogP) is 3.50. The van der Waals surface area contributed by atoms with Crippen LogP contribution in [0.15, 0.2) is 24.3 Å². The number of benzene rings is 1. The number of rotatable bonds is 3. The molecule has 1 aromatic carbocycles. The summed E-state index contributed by atoms with van der Waals surface area (Å²) in [5, 5.41) is 0.238. The van der Waals surface area contributed by atoms with Crippen LogP contribution in [-0.2, 0) is 6.18 Å². The zero-order valence-electron chi connectivity index (χ0n) is 10.4. The van der Waals surface area contributed by atoms with Gasteiger partial charge < -0.3 is 0 Å². The second kappa shape index (κ2) is 6.15. The van der Waals surface area contributed by atoms with Crippen LogP contribution in [0.25, 0.3) is 0 Å². The van der Waals surface area contributed by atoms with Crippen LogP contribution in [0.5, 0.6) is 0 Å². The van der Waals surface area contributed by atoms with Crippen LogP contribution in [0.4, 0.5) is 13.2 Å². The molecule has 0 aliphatic carbocycles. The lowest BCUT2D eigenvalue weighted by molar-refractivity contribution is -0.137. The molecule has 6 heteroatoms. The van der Waals surface area contributed by atoms with Gasteiger partial charge in [-0.25, -0.2) is 0 Å². The first-order chi connectivity index (χ1) is 9.02. The van der Waals surface area contributed by atoms with Gasteiger partial charge in [-0.1, -0.05) is 18.6 Å². The first-order valence-electron chi connectivity index (χ1n) is 6.27. The van der Waals surface area contributed by atoms with E-state index in [1.807, 2.05) is 0 Å². The van der Waals surface area contributed by atoms with Crippen molar-refractivity contribution in [3.63, 3.8) is 0 Å². The van der Waals surface area contributed by atoms with Gasteiger partial charge in [-0.15, -0.1) is 0 Å². The van der Waals surface area contributed by atoms with E-state index >= 15 is 0 Å². The first-order valence-corrected chi connectivity index (χ1v) is 7.32. The van der Waals surface area contributed by atoms with Gasteiger partial charge in [0.1, 0.15) is 0 Å². The Morgan fingerprint density at radius 1 is 1.32 bits per heavy atom. The molecule has 2 rings (SSSR count). The molecule has 1 aliphatic rings. The van der Waals surface area contributed by atoms with E-state index in [9.17, 15) is 13.2 Å². The molecule has 19 heavy (non-hydrogen) atoms. The predicted molar refractivity (Wildman–Crippen MR) is 71.6 cm³/mol. The monoisotopic (exact) mass is 290 g/mol. The van der Waals surface area contributed by atoms with E-state index in [4.69, 9.17) is 5.84 Å². The van der Waals surface area contributed by atoms with Crippen LogP contribution in [0.1, 0.15) is 36.4 Å². The van der Waals surface area contributed by atoms with E-state index < -0.39 is 11.7 Å². The van der Waals surface area contributed by atoms with Crippen LogP contribution in [0, 0.1) is 0 Å². The number of thioether (sulfide) groups is 1. The van der Waals surface area contributed by atoms with Gasteiger partial charge in [0, 0.05) is 5.25 Å². The molecule has 2 unspecified atom stereocenters. The van der Waals surface area contributed by atoms with E-state index in [2.05, 4.69) is 5.43 Å². The minimum absolute atomic E-state index is 0.229. The summed E-state index contributed by atoms with van der Waals surface area (Å²) in [7, 11) is 0. The van der Waals surface area contributed by atoms with Gasteiger partial charge in [0.25, 0.3) is 0 Å². The van der Waals surface area contributed by atoms with E-state index in [-0.39, 0.29) is 11.3 Å². The normalized spacial score (nSPS) is 22.2. The maximum absolute atomic E-state index is 12.7. The highest BCUT2D eigenvalue weighted by Crippen LogP contribution is 2.36. The van der Waals surface area contributed by atoms with Crippen molar-refractivity contribution in [3.8, 4) is 0 Å². The summed E-state index contributed by atoms with van der Waals surface area (Å²) in [6.45, 7) is 0. The largest absolute Gasteiger partial charge is 0.416 e. The fraction of sp³-hybridized carbons (Fsp3) is 0.538. The summed E-state index contributed by atoms with van der Waals surface area (Å²) < 4.78 is 38.2. The topological polar surface area (TPSA) is 38.0 Å². The quantitative estimate of drug-likeness (QED) is 0.661. The molecule has 0 amide bonds. The molecule has 2 atom stereocenters. The third-order valence-electron chi connectivity index (χ3n) is 3.34. The van der Waals surface area contributed by atoms with Crippen LogP contribution in [-0.4, -0.2) is 11.0 Å². The van der Waals surface area contributed by atoms with Crippen molar-refractivity contribution < 1.29 is 13.2 Å². The SMILES string of the molecule is NNC(c1cccc(C(F)(F)F)c1)C1CCCCS1. The number of hydrogen-bond donors (Lipinski definition) is 2. The van der Waals surface area contributed by atoms with Crippen LogP contribution < -0.4 is 11.3 Å². The minimum atomic E-state index is -4.31. The molecular formula is C13H17F3N2S. The average Bonchev–Trinajstić information content (AvgIpc) is 2.40. The van der Waals surface area contributed by atoms with E-state index in [0.29, 0.717) is 5.56 Å². The fourth-order valence-corrected chi connectivity index (χ4v) is 3.79. The molecule has 1 aliphatic heterocycles. The summed E-state index contributed by atoms with van der Waals surface area (Å²) in [5.41, 5.74) is 2.67. The Kier molecular flexibility index (Phi) is 4.76. The standard InChI is InChI=1S/C13H17F3N2S/c14-13(15,16)10-5-3-4-9(8-10)12(18-17)11-6-1-2-7-19-11/h3-5,8,11-12,18H,1-2,6-7,17H2. The fourth-order valence-electron chi connectivity index (χ4n) is 2.36. The molecule has 0 bridgehead atoms. The summed E-state index contributed by atoms with van der Waals surface area (Å²) in [4.78, 5) is 0. The first kappa shape index (κ1) is 14.7. The van der Waals surface area contributed by atoms with E-state index in [0.717, 1.165) is 24.7 Å². The number of hydrazine groups is 1. The Morgan fingerprint density at radius 2 is 2.11 bits per heavy atom. The van der Waals surface area contributed by atoms with Gasteiger partial charge in [0.15, 0.2) is 0 Å². The Labute approximate surface area is 114 Å². The average molecular weight is 290 g/mol. The zero-order chi connectivity index (χ0) is 13.9. The Balaban J connectivity index is 2.22. The van der Waals surface area contributed by atoms with Gasteiger partial charge in [0.2, 0.25) is 0 Å². The van der Waals surface area contributed by atoms with Crippen molar-refractivity contribution in [2.24, 2.45) is 5.84 Å². The number of hydrogen-bond acceptors (Lipinski definition) is 3. The van der Waals surface area contributed by atoms with Crippen molar-refractivity contribution in [1.29, 1.82) is 0 Å². The molecule has 2 nitrogen and oxygen atoms in total. The maximum Gasteiger partial charge on any atom is 0.416 e. The van der Waals surface area contributed by atoms with E-state index in [1.54, 1.807) is 17.8 Å². The van der Waals surface area contributed by atoms with E-state index in [1.165, 1.54) is 18.6 Å². The van der Waals surface area contributed by atoms with Crippen molar-refractivity contribution >= 4 is 11.8 Å². The van der Waals surface area contributed by atoms with Gasteiger partial charge >= 0.3 is 6.18 Å². The lowest BCUT2D eigenvalue weighted by Gasteiger charge is -2.30. The third-order valence-corrected chi connectivity index (χ3v) is 4.80. The van der Waals surface area contributed by atoms with Crippen molar-refractivity contribution in [1.82, 2.24) is 5.43 Å². The highest BCUT2D eigenvalue weighted by Gasteiger charge is 2.32. The lowest BCUT2D eigenvalue weighted by Crippen LogP contribution is -2.36. The van der Waals surface area contributed by atoms with Gasteiger partial charge in [-0.3, -0.25) is 11.3 Å². The Hall–Kier alpha value is -0.720. The minimum Gasteiger partial charge on any atom is -0.271 e. The van der Waals surface area contributed by atoms with Crippen LogP contribution >= 0.6 is 11.8 Å². The summed E-state index contributed by atoms with van der Waals surface area (Å²) in [6.07, 6.45) is -1.06. The van der Waals surface area contributed by atoms with Gasteiger partial charge in [0.05, 0.1) is 11.6 Å². The molecule has 0 saturated carbocycles. The highest BCUT2D eigenvalue weighted by molar-refractivity contribution is 8.00. The smallest absolute Gasteiger partial charge is 0.271 e. The molecule has 1 aromatic rings. The Morgan fingerprint density at radius 3 is 2.68 bits per heavy atom. The summed E-state index contributed by atoms with van der Waals surface area (Å²) in [5.74, 6) is 6.59. The lowest BCUT2D eigenvalue weighted by atomic mass is 9.98. The zero-order valence-corrected chi connectivity index (χ0v) is 11.2. The molecule has 0 aromatic heterocycles. The third kappa shape index (κ3) is 3.64. The van der Waals surface area contributed by atoms with Crippen molar-refractivity contribution in [2.45, 2.75) is 36.7 Å². The summed E-state index contributed by atoms with van der Waals surface area (Å²) in [6, 6.07) is 5.20. The number of nitrogens with one attached hydrogen (secondary N) is 1. The highest BCUT2D eigenvalue weighted by atomic mass is 32.2. The molecule has 1 heterocycles. The second-order valence-electron chi connectivity index (χ2n) is 4.67. The number of nitrogens with two attached hydrogens (primary N) is 1. The summed E-state index contributed by atoms with van der Waals surface area (Å²) >= 11 is 1.78. The van der Waals surface area contributed by atoms with Gasteiger partial charge in [-0.05, 0) is 36.3 Å². The van der Waals surface area contributed by atoms with Crippen LogP contribution in [0.2, 0.25) is 0 Å². The molecule has 106 valence electrons.